The molecular weight excluding hydrogens is 244 g/mol. The van der Waals surface area contributed by atoms with Crippen LogP contribution < -0.4 is 0 Å². The molecular formula is C15H24O4. The minimum Gasteiger partial charge on any atom is -0.389 e. The molecule has 0 heterocycles. The number of carbonyl (C=O) groups is 1. The molecule has 4 nitrogen and oxygen atoms in total. The van der Waals surface area contributed by atoms with E-state index in [1.54, 1.807) is 32.9 Å². The van der Waals surface area contributed by atoms with E-state index in [-0.39, 0.29) is 17.6 Å². The molecule has 0 saturated heterocycles. The Morgan fingerprint density at radius 3 is 2.79 bits per heavy atom. The summed E-state index contributed by atoms with van der Waals surface area (Å²) in [6.45, 7) is 7.27. The molecule has 1 rings (SSSR count). The smallest absolute Gasteiger partial charge is 0.159 e. The van der Waals surface area contributed by atoms with Crippen LogP contribution >= 0.6 is 0 Å². The Labute approximate surface area is 114 Å². The first-order chi connectivity index (χ1) is 8.76. The number of carbonyl (C=O) groups excluding carboxylic acids is 1. The maximum absolute atomic E-state index is 11.9. The SMILES string of the molecule is CC1=CC(=O)C(C(C)CC=CC(C)(C)OO)CC1O. The molecule has 0 aromatic rings. The lowest BCUT2D eigenvalue weighted by Gasteiger charge is -2.28. The van der Waals surface area contributed by atoms with Gasteiger partial charge in [-0.25, -0.2) is 4.89 Å². The molecule has 0 spiro atoms. The van der Waals surface area contributed by atoms with E-state index < -0.39 is 11.7 Å². The number of hydrogen-bond acceptors (Lipinski definition) is 4. The fourth-order valence-electron chi connectivity index (χ4n) is 2.24. The van der Waals surface area contributed by atoms with Gasteiger partial charge in [-0.05, 0) is 51.2 Å². The van der Waals surface area contributed by atoms with Gasteiger partial charge in [-0.1, -0.05) is 19.1 Å². The molecule has 0 amide bonds. The normalized spacial score (nSPS) is 26.6. The van der Waals surface area contributed by atoms with Crippen LogP contribution in [-0.2, 0) is 9.68 Å². The summed E-state index contributed by atoms with van der Waals surface area (Å²) < 4.78 is 0. The largest absolute Gasteiger partial charge is 0.389 e. The Morgan fingerprint density at radius 1 is 1.58 bits per heavy atom. The highest BCUT2D eigenvalue weighted by Crippen LogP contribution is 2.29. The van der Waals surface area contributed by atoms with Gasteiger partial charge in [0, 0.05) is 5.92 Å². The van der Waals surface area contributed by atoms with Crippen molar-refractivity contribution >= 4 is 5.78 Å². The highest BCUT2D eigenvalue weighted by atomic mass is 17.1. The van der Waals surface area contributed by atoms with Crippen molar-refractivity contribution in [3.63, 3.8) is 0 Å². The number of allylic oxidation sites excluding steroid dienone is 2. The molecule has 0 aromatic carbocycles. The Kier molecular flexibility index (Phi) is 5.47. The van der Waals surface area contributed by atoms with Gasteiger partial charge in [0.25, 0.3) is 0 Å². The van der Waals surface area contributed by atoms with Gasteiger partial charge in [0.2, 0.25) is 0 Å². The van der Waals surface area contributed by atoms with E-state index in [1.807, 2.05) is 13.0 Å². The molecule has 1 aliphatic carbocycles. The van der Waals surface area contributed by atoms with E-state index in [9.17, 15) is 9.90 Å². The third-order valence-electron chi connectivity index (χ3n) is 3.69. The van der Waals surface area contributed by atoms with Gasteiger partial charge < -0.3 is 5.11 Å². The highest BCUT2D eigenvalue weighted by Gasteiger charge is 2.30. The van der Waals surface area contributed by atoms with Gasteiger partial charge in [0.1, 0.15) is 5.60 Å². The lowest BCUT2D eigenvalue weighted by Crippen LogP contribution is -2.30. The van der Waals surface area contributed by atoms with Crippen LogP contribution in [0.3, 0.4) is 0 Å². The van der Waals surface area contributed by atoms with Crippen LogP contribution in [0.2, 0.25) is 0 Å². The summed E-state index contributed by atoms with van der Waals surface area (Å²) in [7, 11) is 0. The van der Waals surface area contributed by atoms with Crippen molar-refractivity contribution in [2.45, 2.75) is 52.2 Å². The molecule has 0 aromatic heterocycles. The minimum atomic E-state index is -0.716. The van der Waals surface area contributed by atoms with Crippen LogP contribution in [0.15, 0.2) is 23.8 Å². The number of aliphatic hydroxyl groups is 1. The summed E-state index contributed by atoms with van der Waals surface area (Å²) in [5.74, 6) is 0.111. The molecule has 1 aliphatic rings. The highest BCUT2D eigenvalue weighted by molar-refractivity contribution is 5.93. The van der Waals surface area contributed by atoms with Crippen LogP contribution in [0.25, 0.3) is 0 Å². The fourth-order valence-corrected chi connectivity index (χ4v) is 2.24. The van der Waals surface area contributed by atoms with E-state index in [4.69, 9.17) is 5.26 Å². The molecule has 2 N–H and O–H groups in total. The Bertz CT molecular complexity index is 382. The van der Waals surface area contributed by atoms with Gasteiger partial charge in [0.15, 0.2) is 5.78 Å². The average Bonchev–Trinajstić information content (AvgIpc) is 2.33. The summed E-state index contributed by atoms with van der Waals surface area (Å²) in [5.41, 5.74) is 0.0329. The summed E-state index contributed by atoms with van der Waals surface area (Å²) in [6.07, 6.45) is 5.94. The molecule has 108 valence electrons. The lowest BCUT2D eigenvalue weighted by atomic mass is 9.78. The minimum absolute atomic E-state index is 0.0985. The average molecular weight is 268 g/mol. The van der Waals surface area contributed by atoms with E-state index in [0.29, 0.717) is 12.8 Å². The molecule has 0 aliphatic heterocycles. The van der Waals surface area contributed by atoms with E-state index in [0.717, 1.165) is 5.57 Å². The molecule has 0 bridgehead atoms. The van der Waals surface area contributed by atoms with Crippen molar-refractivity contribution in [1.29, 1.82) is 0 Å². The lowest BCUT2D eigenvalue weighted by molar-refractivity contribution is -0.297. The summed E-state index contributed by atoms with van der Waals surface area (Å²) >= 11 is 0. The first kappa shape index (κ1) is 16.1. The van der Waals surface area contributed by atoms with Crippen molar-refractivity contribution in [3.05, 3.63) is 23.8 Å². The van der Waals surface area contributed by atoms with Crippen LogP contribution in [0.5, 0.6) is 0 Å². The van der Waals surface area contributed by atoms with Gasteiger partial charge in [-0.3, -0.25) is 10.1 Å². The summed E-state index contributed by atoms with van der Waals surface area (Å²) in [6, 6.07) is 0. The predicted molar refractivity (Wildman–Crippen MR) is 73.6 cm³/mol. The second kappa shape index (κ2) is 6.46. The van der Waals surface area contributed by atoms with Crippen LogP contribution in [0.4, 0.5) is 0 Å². The monoisotopic (exact) mass is 268 g/mol. The number of ketones is 1. The molecule has 0 saturated carbocycles. The van der Waals surface area contributed by atoms with E-state index >= 15 is 0 Å². The molecule has 19 heavy (non-hydrogen) atoms. The molecule has 0 fully saturated rings. The van der Waals surface area contributed by atoms with Crippen LogP contribution in [0, 0.1) is 11.8 Å². The summed E-state index contributed by atoms with van der Waals surface area (Å²) in [4.78, 5) is 16.2. The van der Waals surface area contributed by atoms with E-state index in [2.05, 4.69) is 4.89 Å². The maximum Gasteiger partial charge on any atom is 0.159 e. The maximum atomic E-state index is 11.9. The predicted octanol–water partition coefficient (Wildman–Crippen LogP) is 2.73. The van der Waals surface area contributed by atoms with Gasteiger partial charge in [-0.2, -0.15) is 0 Å². The fraction of sp³-hybridized carbons (Fsp3) is 0.667. The second-order valence-electron chi connectivity index (χ2n) is 5.96. The quantitative estimate of drug-likeness (QED) is 0.457. The number of rotatable bonds is 5. The first-order valence-electron chi connectivity index (χ1n) is 6.67. The zero-order valence-corrected chi connectivity index (χ0v) is 12.1. The third-order valence-corrected chi connectivity index (χ3v) is 3.69. The third kappa shape index (κ3) is 4.56. The molecule has 3 atom stereocenters. The van der Waals surface area contributed by atoms with Gasteiger partial charge >= 0.3 is 0 Å². The van der Waals surface area contributed by atoms with Crippen molar-refractivity contribution in [2.24, 2.45) is 11.8 Å². The zero-order valence-electron chi connectivity index (χ0n) is 12.1. The van der Waals surface area contributed by atoms with Gasteiger partial charge in [0.05, 0.1) is 6.10 Å². The summed E-state index contributed by atoms with van der Waals surface area (Å²) in [5, 5.41) is 18.5. The molecule has 0 radical (unpaired) electrons. The molecule has 4 heteroatoms. The van der Waals surface area contributed by atoms with Crippen LogP contribution in [0.1, 0.15) is 40.5 Å². The zero-order chi connectivity index (χ0) is 14.6. The first-order valence-corrected chi connectivity index (χ1v) is 6.67. The Morgan fingerprint density at radius 2 is 2.21 bits per heavy atom. The van der Waals surface area contributed by atoms with Crippen LogP contribution in [-0.4, -0.2) is 27.9 Å². The standard InChI is InChI=1S/C15H24O4/c1-10(6-5-7-15(3,4)19-18)12-9-13(16)11(2)8-14(12)17/h5,7-8,10,12-13,16,18H,6,9H2,1-4H3. The van der Waals surface area contributed by atoms with Crippen molar-refractivity contribution < 1.29 is 20.0 Å². The number of aliphatic hydroxyl groups excluding tert-OH is 1. The van der Waals surface area contributed by atoms with Crippen molar-refractivity contribution in [2.75, 3.05) is 0 Å². The topological polar surface area (TPSA) is 66.8 Å². The van der Waals surface area contributed by atoms with Crippen molar-refractivity contribution in [3.8, 4) is 0 Å². The van der Waals surface area contributed by atoms with Gasteiger partial charge in [-0.15, -0.1) is 0 Å². The van der Waals surface area contributed by atoms with E-state index in [1.165, 1.54) is 0 Å². The second-order valence-corrected chi connectivity index (χ2v) is 5.96. The Balaban J connectivity index is 2.60. The number of hydrogen-bond donors (Lipinski definition) is 2. The van der Waals surface area contributed by atoms with Crippen molar-refractivity contribution in [1.82, 2.24) is 0 Å². The molecule has 3 unspecified atom stereocenters. The Hall–Kier alpha value is -0.970.